The molecule has 2 aromatic rings. The summed E-state index contributed by atoms with van der Waals surface area (Å²) >= 11 is 0. The van der Waals surface area contributed by atoms with Gasteiger partial charge in [0.2, 0.25) is 0 Å². The Morgan fingerprint density at radius 2 is 1.08 bits per heavy atom. The summed E-state index contributed by atoms with van der Waals surface area (Å²) in [5.74, 6) is 0. The van der Waals surface area contributed by atoms with Gasteiger partial charge in [-0.1, -0.05) is 60.7 Å². The normalized spacial score (nSPS) is 27.7. The molecule has 5 heteroatoms. The van der Waals surface area contributed by atoms with Gasteiger partial charge in [-0.15, -0.1) is 0 Å². The average Bonchev–Trinajstić information content (AvgIpc) is 3.46. The van der Waals surface area contributed by atoms with E-state index in [-0.39, 0.29) is 24.4 Å². The molecule has 0 aliphatic carbocycles. The monoisotopic (exact) mass is 342 g/mol. The topological polar surface area (TPSA) is 49.5 Å². The minimum atomic E-state index is -0.181. The first kappa shape index (κ1) is 16.7. The van der Waals surface area contributed by atoms with Crippen LogP contribution in [0.4, 0.5) is 0 Å². The summed E-state index contributed by atoms with van der Waals surface area (Å²) in [4.78, 5) is 10.9. The highest BCUT2D eigenvalue weighted by Crippen LogP contribution is 2.36. The Morgan fingerprint density at radius 3 is 1.52 bits per heavy atom. The maximum absolute atomic E-state index is 5.71. The third-order valence-electron chi connectivity index (χ3n) is 4.38. The second kappa shape index (κ2) is 8.08. The molecule has 0 spiro atoms. The quantitative estimate of drug-likeness (QED) is 0.545. The zero-order valence-corrected chi connectivity index (χ0v) is 14.0. The largest absolute Gasteiger partial charge is 0.374 e. The maximum Gasteiger partial charge on any atom is 0.145 e. The van der Waals surface area contributed by atoms with Crippen LogP contribution in [-0.4, -0.2) is 37.6 Å². The molecule has 0 radical (unpaired) electrons. The van der Waals surface area contributed by atoms with Crippen molar-refractivity contribution in [3.63, 3.8) is 0 Å². The molecule has 0 bridgehead atoms. The number of epoxide rings is 1. The van der Waals surface area contributed by atoms with Gasteiger partial charge >= 0.3 is 0 Å². The molecule has 4 atom stereocenters. The molecule has 2 fully saturated rings. The van der Waals surface area contributed by atoms with Crippen LogP contribution in [0.15, 0.2) is 60.7 Å². The van der Waals surface area contributed by atoms with E-state index in [1.165, 1.54) is 0 Å². The fourth-order valence-electron chi connectivity index (χ4n) is 2.97. The van der Waals surface area contributed by atoms with E-state index < -0.39 is 0 Å². The lowest BCUT2D eigenvalue weighted by atomic mass is 10.1. The second-order valence-corrected chi connectivity index (χ2v) is 6.34. The van der Waals surface area contributed by atoms with E-state index in [0.717, 1.165) is 11.1 Å². The predicted octanol–water partition coefficient (Wildman–Crippen LogP) is 2.89. The predicted molar refractivity (Wildman–Crippen MR) is 90.6 cm³/mol. The van der Waals surface area contributed by atoms with Crippen LogP contribution in [0.5, 0.6) is 0 Å². The third-order valence-corrected chi connectivity index (χ3v) is 4.38. The lowest BCUT2D eigenvalue weighted by molar-refractivity contribution is -0.374. The summed E-state index contributed by atoms with van der Waals surface area (Å²) in [6.45, 7) is 2.02. The number of ether oxygens (including phenoxy) is 3. The number of hydrogen-bond acceptors (Lipinski definition) is 5. The summed E-state index contributed by atoms with van der Waals surface area (Å²) in [7, 11) is 0. The van der Waals surface area contributed by atoms with E-state index >= 15 is 0 Å². The number of hydrogen-bond donors (Lipinski definition) is 0. The van der Waals surface area contributed by atoms with Crippen LogP contribution in [0.25, 0.3) is 0 Å². The van der Waals surface area contributed by atoms with Gasteiger partial charge < -0.3 is 14.2 Å². The van der Waals surface area contributed by atoms with Crippen molar-refractivity contribution in [1.82, 2.24) is 0 Å². The molecule has 0 aromatic heterocycles. The van der Waals surface area contributed by atoms with Crippen molar-refractivity contribution in [3.8, 4) is 0 Å². The molecular formula is C20H22O5. The molecule has 0 amide bonds. The molecule has 2 saturated heterocycles. The van der Waals surface area contributed by atoms with Crippen molar-refractivity contribution >= 4 is 0 Å². The molecule has 2 aliphatic rings. The van der Waals surface area contributed by atoms with Gasteiger partial charge in [0, 0.05) is 0 Å². The molecule has 5 nitrogen and oxygen atoms in total. The Bertz CT molecular complexity index is 590. The van der Waals surface area contributed by atoms with E-state index in [1.54, 1.807) is 0 Å². The van der Waals surface area contributed by atoms with Crippen LogP contribution in [0.2, 0.25) is 0 Å². The maximum atomic E-state index is 5.71. The standard InChI is InChI=1S/C20H22O5/c1-3-7-15(8-4-1)11-21-13-17-19-20(23-19)18(25-24-17)14-22-12-16-9-5-2-6-10-16/h1-10,17-20H,11-14H2/t17-,18+,19-,20+. The summed E-state index contributed by atoms with van der Waals surface area (Å²) < 4.78 is 17.1. The molecule has 132 valence electrons. The van der Waals surface area contributed by atoms with Gasteiger partial charge in [0.25, 0.3) is 0 Å². The highest BCUT2D eigenvalue weighted by atomic mass is 17.2. The van der Waals surface area contributed by atoms with Gasteiger partial charge in [0.05, 0.1) is 26.4 Å². The van der Waals surface area contributed by atoms with E-state index in [1.807, 2.05) is 60.7 Å². The van der Waals surface area contributed by atoms with Crippen LogP contribution in [0, 0.1) is 0 Å². The van der Waals surface area contributed by atoms with Crippen molar-refractivity contribution < 1.29 is 24.0 Å². The summed E-state index contributed by atoms with van der Waals surface area (Å²) in [5, 5.41) is 0. The van der Waals surface area contributed by atoms with E-state index in [9.17, 15) is 0 Å². The zero-order chi connectivity index (χ0) is 16.9. The van der Waals surface area contributed by atoms with E-state index in [0.29, 0.717) is 26.4 Å². The number of rotatable bonds is 8. The second-order valence-electron chi connectivity index (χ2n) is 6.34. The van der Waals surface area contributed by atoms with E-state index in [4.69, 9.17) is 24.0 Å². The first-order valence-corrected chi connectivity index (χ1v) is 8.61. The van der Waals surface area contributed by atoms with Gasteiger partial charge in [-0.05, 0) is 11.1 Å². The van der Waals surface area contributed by atoms with Gasteiger partial charge in [-0.3, -0.25) is 0 Å². The van der Waals surface area contributed by atoms with Gasteiger partial charge in [0.1, 0.15) is 24.4 Å². The Hall–Kier alpha value is -1.76. The minimum absolute atomic E-state index is 0.0369. The Labute approximate surface area is 147 Å². The van der Waals surface area contributed by atoms with E-state index in [2.05, 4.69) is 0 Å². The van der Waals surface area contributed by atoms with Crippen molar-refractivity contribution in [3.05, 3.63) is 71.8 Å². The smallest absolute Gasteiger partial charge is 0.145 e. The third kappa shape index (κ3) is 4.45. The van der Waals surface area contributed by atoms with Crippen LogP contribution in [0.1, 0.15) is 11.1 Å². The Kier molecular flexibility index (Phi) is 5.40. The van der Waals surface area contributed by atoms with Gasteiger partial charge in [0.15, 0.2) is 0 Å². The van der Waals surface area contributed by atoms with Gasteiger partial charge in [-0.2, -0.15) is 0 Å². The van der Waals surface area contributed by atoms with Gasteiger partial charge in [-0.25, -0.2) is 9.78 Å². The summed E-state index contributed by atoms with van der Waals surface area (Å²) in [6.07, 6.45) is -0.289. The molecule has 25 heavy (non-hydrogen) atoms. The highest BCUT2D eigenvalue weighted by molar-refractivity contribution is 5.14. The molecule has 2 aliphatic heterocycles. The summed E-state index contributed by atoms with van der Waals surface area (Å²) in [5.41, 5.74) is 2.28. The molecule has 4 rings (SSSR count). The molecule has 2 heterocycles. The lowest BCUT2D eigenvalue weighted by Gasteiger charge is -2.24. The van der Waals surface area contributed by atoms with Crippen molar-refractivity contribution in [2.45, 2.75) is 37.6 Å². The molecule has 0 N–H and O–H groups in total. The van der Waals surface area contributed by atoms with Crippen molar-refractivity contribution in [1.29, 1.82) is 0 Å². The molecule has 0 saturated carbocycles. The molecule has 0 unspecified atom stereocenters. The number of benzene rings is 2. The first-order valence-electron chi connectivity index (χ1n) is 8.61. The first-order chi connectivity index (χ1) is 12.4. The van der Waals surface area contributed by atoms with Crippen LogP contribution in [0.3, 0.4) is 0 Å². The van der Waals surface area contributed by atoms with Crippen molar-refractivity contribution in [2.24, 2.45) is 0 Å². The summed E-state index contributed by atoms with van der Waals surface area (Å²) in [6, 6.07) is 20.1. The highest BCUT2D eigenvalue weighted by Gasteiger charge is 2.55. The Balaban J connectivity index is 1.16. The molecule has 2 aromatic carbocycles. The zero-order valence-electron chi connectivity index (χ0n) is 14.0. The van der Waals surface area contributed by atoms with Crippen LogP contribution >= 0.6 is 0 Å². The SMILES string of the molecule is c1ccc(COC[C@@H]2OO[C@H](COCc3ccccc3)[C@H]3O[C@H]32)cc1. The van der Waals surface area contributed by atoms with Crippen molar-refractivity contribution in [2.75, 3.05) is 13.2 Å². The molecular weight excluding hydrogens is 320 g/mol. The van der Waals surface area contributed by atoms with Crippen LogP contribution < -0.4 is 0 Å². The number of fused-ring (bicyclic) bond motifs is 1. The Morgan fingerprint density at radius 1 is 0.640 bits per heavy atom. The fourth-order valence-corrected chi connectivity index (χ4v) is 2.97. The minimum Gasteiger partial charge on any atom is -0.374 e. The fraction of sp³-hybridized carbons (Fsp3) is 0.400. The van der Waals surface area contributed by atoms with Crippen LogP contribution in [-0.2, 0) is 37.2 Å². The lowest BCUT2D eigenvalue weighted by Crippen LogP contribution is -2.40. The average molecular weight is 342 g/mol.